The van der Waals surface area contributed by atoms with Crippen LogP contribution in [0.15, 0.2) is 18.2 Å². The highest BCUT2D eigenvalue weighted by molar-refractivity contribution is 5.66. The number of carboxylic acids is 1. The first-order valence-electron chi connectivity index (χ1n) is 5.00. The van der Waals surface area contributed by atoms with E-state index in [2.05, 4.69) is 15.5 Å². The van der Waals surface area contributed by atoms with Crippen LogP contribution in [0.2, 0.25) is 0 Å². The van der Waals surface area contributed by atoms with Gasteiger partial charge in [-0.2, -0.15) is 0 Å². The normalized spacial score (nSPS) is 10.6. The Hall–Kier alpha value is -2.38. The van der Waals surface area contributed by atoms with Gasteiger partial charge in [0.25, 0.3) is 0 Å². The SMILES string of the molecule is O=C(O)CCn1nnnc1-c1cc(F)cc(F)c1. The first-order chi connectivity index (χ1) is 8.56. The lowest BCUT2D eigenvalue weighted by Gasteiger charge is -2.03. The number of benzene rings is 1. The van der Waals surface area contributed by atoms with Crippen LogP contribution in [-0.4, -0.2) is 31.3 Å². The molecule has 1 heterocycles. The molecule has 8 heteroatoms. The van der Waals surface area contributed by atoms with E-state index in [1.807, 2.05) is 0 Å². The van der Waals surface area contributed by atoms with Gasteiger partial charge in [0, 0.05) is 11.6 Å². The molecule has 0 aliphatic heterocycles. The first-order valence-corrected chi connectivity index (χ1v) is 5.00. The molecule has 18 heavy (non-hydrogen) atoms. The number of carboxylic acid groups (broad SMARTS) is 1. The molecule has 1 N–H and O–H groups in total. The summed E-state index contributed by atoms with van der Waals surface area (Å²) in [5.41, 5.74) is 0.155. The van der Waals surface area contributed by atoms with Gasteiger partial charge < -0.3 is 5.11 Å². The van der Waals surface area contributed by atoms with Gasteiger partial charge in [0.15, 0.2) is 5.82 Å². The Labute approximate surface area is 99.9 Å². The molecule has 1 aromatic carbocycles. The number of halogens is 2. The maximum atomic E-state index is 13.1. The molecule has 94 valence electrons. The van der Waals surface area contributed by atoms with Crippen molar-refractivity contribution < 1.29 is 18.7 Å². The predicted octanol–water partition coefficient (Wildman–Crippen LogP) is 1.09. The summed E-state index contributed by atoms with van der Waals surface area (Å²) in [5, 5.41) is 19.1. The molecule has 0 atom stereocenters. The predicted molar refractivity (Wildman–Crippen MR) is 55.4 cm³/mol. The smallest absolute Gasteiger partial charge is 0.305 e. The van der Waals surface area contributed by atoms with Crippen molar-refractivity contribution in [3.8, 4) is 11.4 Å². The highest BCUT2D eigenvalue weighted by Gasteiger charge is 2.12. The molecule has 0 saturated heterocycles. The highest BCUT2D eigenvalue weighted by atomic mass is 19.1. The van der Waals surface area contributed by atoms with Crippen LogP contribution in [0.1, 0.15) is 6.42 Å². The summed E-state index contributed by atoms with van der Waals surface area (Å²) in [6, 6.07) is 2.88. The fraction of sp³-hybridized carbons (Fsp3) is 0.200. The molecule has 0 unspecified atom stereocenters. The molecule has 0 spiro atoms. The molecule has 0 bridgehead atoms. The van der Waals surface area contributed by atoms with Crippen molar-refractivity contribution >= 4 is 5.97 Å². The van der Waals surface area contributed by atoms with Gasteiger partial charge in [-0.3, -0.25) is 4.79 Å². The van der Waals surface area contributed by atoms with E-state index < -0.39 is 17.6 Å². The van der Waals surface area contributed by atoms with Crippen molar-refractivity contribution in [3.05, 3.63) is 29.8 Å². The lowest BCUT2D eigenvalue weighted by molar-refractivity contribution is -0.137. The minimum absolute atomic E-state index is 0.0236. The molecule has 0 fully saturated rings. The van der Waals surface area contributed by atoms with Crippen LogP contribution < -0.4 is 0 Å². The van der Waals surface area contributed by atoms with Crippen molar-refractivity contribution in [2.24, 2.45) is 0 Å². The van der Waals surface area contributed by atoms with Gasteiger partial charge in [-0.1, -0.05) is 0 Å². The number of hydrogen-bond acceptors (Lipinski definition) is 4. The Morgan fingerprint density at radius 1 is 1.28 bits per heavy atom. The molecule has 0 aliphatic rings. The number of aliphatic carboxylic acids is 1. The van der Waals surface area contributed by atoms with Crippen molar-refractivity contribution in [3.63, 3.8) is 0 Å². The number of rotatable bonds is 4. The van der Waals surface area contributed by atoms with Crippen molar-refractivity contribution in [2.45, 2.75) is 13.0 Å². The molecule has 6 nitrogen and oxygen atoms in total. The quantitative estimate of drug-likeness (QED) is 0.883. The average Bonchev–Trinajstić information content (AvgIpc) is 2.72. The molecule has 1 aromatic heterocycles. The van der Waals surface area contributed by atoms with Crippen LogP contribution in [0.3, 0.4) is 0 Å². The highest BCUT2D eigenvalue weighted by Crippen LogP contribution is 2.18. The first kappa shape index (κ1) is 12.1. The summed E-state index contributed by atoms with van der Waals surface area (Å²) in [4.78, 5) is 10.4. The Morgan fingerprint density at radius 2 is 1.94 bits per heavy atom. The van der Waals surface area contributed by atoms with Gasteiger partial charge in [-0.15, -0.1) is 5.10 Å². The van der Waals surface area contributed by atoms with E-state index in [0.29, 0.717) is 0 Å². The van der Waals surface area contributed by atoms with E-state index in [1.54, 1.807) is 0 Å². The summed E-state index contributed by atoms with van der Waals surface area (Å²) in [5.74, 6) is -2.40. The van der Waals surface area contributed by atoms with E-state index >= 15 is 0 Å². The van der Waals surface area contributed by atoms with Gasteiger partial charge in [0.2, 0.25) is 0 Å². The maximum Gasteiger partial charge on any atom is 0.305 e. The third-order valence-electron chi connectivity index (χ3n) is 2.19. The summed E-state index contributed by atoms with van der Waals surface area (Å²) in [6.45, 7) is 0.0236. The van der Waals surface area contributed by atoms with Crippen LogP contribution in [-0.2, 0) is 11.3 Å². The number of tetrazole rings is 1. The van der Waals surface area contributed by atoms with Crippen LogP contribution in [0.5, 0.6) is 0 Å². The Morgan fingerprint density at radius 3 is 2.56 bits per heavy atom. The number of aromatic nitrogens is 4. The Balaban J connectivity index is 2.33. The van der Waals surface area contributed by atoms with Gasteiger partial charge >= 0.3 is 5.97 Å². The largest absolute Gasteiger partial charge is 0.481 e. The fourth-order valence-corrected chi connectivity index (χ4v) is 1.45. The van der Waals surface area contributed by atoms with E-state index in [4.69, 9.17) is 5.11 Å². The number of nitrogens with zero attached hydrogens (tertiary/aromatic N) is 4. The van der Waals surface area contributed by atoms with E-state index in [-0.39, 0.29) is 24.4 Å². The van der Waals surface area contributed by atoms with Crippen molar-refractivity contribution in [1.29, 1.82) is 0 Å². The third kappa shape index (κ3) is 2.65. The summed E-state index contributed by atoms with van der Waals surface area (Å²) < 4.78 is 27.3. The van der Waals surface area contributed by atoms with Crippen LogP contribution in [0, 0.1) is 11.6 Å². The number of aryl methyl sites for hydroxylation is 1. The van der Waals surface area contributed by atoms with Crippen LogP contribution in [0.4, 0.5) is 8.78 Å². The molecule has 0 aliphatic carbocycles. The molecule has 0 saturated carbocycles. The zero-order valence-corrected chi connectivity index (χ0v) is 9.05. The molecular formula is C10H8F2N4O2. The topological polar surface area (TPSA) is 80.9 Å². The molecular weight excluding hydrogens is 246 g/mol. The zero-order chi connectivity index (χ0) is 13.1. The third-order valence-corrected chi connectivity index (χ3v) is 2.19. The standard InChI is InChI=1S/C10H8F2N4O2/c11-7-3-6(4-8(12)5-7)10-13-14-15-16(10)2-1-9(17)18/h3-5H,1-2H2,(H,17,18). The second kappa shape index (κ2) is 4.86. The Bertz CT molecular complexity index is 565. The fourth-order valence-electron chi connectivity index (χ4n) is 1.45. The van der Waals surface area contributed by atoms with Crippen LogP contribution >= 0.6 is 0 Å². The second-order valence-corrected chi connectivity index (χ2v) is 3.53. The zero-order valence-electron chi connectivity index (χ0n) is 9.05. The molecule has 2 rings (SSSR count). The minimum Gasteiger partial charge on any atom is -0.481 e. The average molecular weight is 254 g/mol. The van der Waals surface area contributed by atoms with Gasteiger partial charge in [-0.05, 0) is 22.6 Å². The second-order valence-electron chi connectivity index (χ2n) is 3.53. The number of hydrogen-bond donors (Lipinski definition) is 1. The van der Waals surface area contributed by atoms with E-state index in [9.17, 15) is 13.6 Å². The molecule has 0 amide bonds. The van der Waals surface area contributed by atoms with Gasteiger partial charge in [-0.25, -0.2) is 13.5 Å². The van der Waals surface area contributed by atoms with E-state index in [0.717, 1.165) is 18.2 Å². The van der Waals surface area contributed by atoms with Crippen molar-refractivity contribution in [2.75, 3.05) is 0 Å². The van der Waals surface area contributed by atoms with Crippen molar-refractivity contribution in [1.82, 2.24) is 20.2 Å². The van der Waals surface area contributed by atoms with Gasteiger partial charge in [0.1, 0.15) is 11.6 Å². The van der Waals surface area contributed by atoms with Gasteiger partial charge in [0.05, 0.1) is 13.0 Å². The number of carbonyl (C=O) groups is 1. The lowest BCUT2D eigenvalue weighted by atomic mass is 10.2. The maximum absolute atomic E-state index is 13.1. The summed E-state index contributed by atoms with van der Waals surface area (Å²) in [7, 11) is 0. The lowest BCUT2D eigenvalue weighted by Crippen LogP contribution is -2.08. The Kier molecular flexibility index (Phi) is 3.26. The van der Waals surface area contributed by atoms with Crippen LogP contribution in [0.25, 0.3) is 11.4 Å². The minimum atomic E-state index is -1.01. The van der Waals surface area contributed by atoms with E-state index in [1.165, 1.54) is 4.68 Å². The monoisotopic (exact) mass is 254 g/mol. The molecule has 0 radical (unpaired) electrons. The molecule has 2 aromatic rings. The summed E-state index contributed by atoms with van der Waals surface area (Å²) >= 11 is 0. The summed E-state index contributed by atoms with van der Waals surface area (Å²) in [6.07, 6.45) is -0.185.